The number of amides is 1. The van der Waals surface area contributed by atoms with Crippen molar-refractivity contribution in [2.45, 2.75) is 23.2 Å². The molecule has 0 radical (unpaired) electrons. The van der Waals surface area contributed by atoms with Crippen LogP contribution in [0.5, 0.6) is 0 Å². The van der Waals surface area contributed by atoms with E-state index in [2.05, 4.69) is 0 Å². The second-order valence-corrected chi connectivity index (χ2v) is 8.44. The Labute approximate surface area is 160 Å². The minimum atomic E-state index is -4.02. The highest BCUT2D eigenvalue weighted by Crippen LogP contribution is 2.39. The van der Waals surface area contributed by atoms with Gasteiger partial charge in [-0.05, 0) is 24.6 Å². The highest BCUT2D eigenvalue weighted by Gasteiger charge is 2.51. The highest BCUT2D eigenvalue weighted by molar-refractivity contribution is 8.00. The van der Waals surface area contributed by atoms with Crippen LogP contribution < -0.4 is 5.73 Å². The van der Waals surface area contributed by atoms with Gasteiger partial charge in [0.2, 0.25) is 5.91 Å². The maximum Gasteiger partial charge on any atom is 0.352 e. The number of carbonyl (C=O) groups excluding carboxylic acids is 1. The van der Waals surface area contributed by atoms with Crippen LogP contribution >= 0.6 is 11.8 Å². The summed E-state index contributed by atoms with van der Waals surface area (Å²) in [5.41, 5.74) is 7.22. The van der Waals surface area contributed by atoms with Crippen LogP contribution in [0, 0.1) is 6.92 Å². The van der Waals surface area contributed by atoms with Crippen molar-refractivity contribution in [2.75, 3.05) is 19.5 Å². The molecule has 2 aliphatic heterocycles. The zero-order chi connectivity index (χ0) is 20.4. The Morgan fingerprint density at radius 3 is 2.44 bits per heavy atom. The molecular formula is C16H20N2O7S2. The number of nitrogens with two attached hydrogens (primary N) is 1. The number of carbonyl (C=O) groups is 2. The van der Waals surface area contributed by atoms with Gasteiger partial charge in [0, 0.05) is 12.9 Å². The molecule has 0 saturated carbocycles. The minimum Gasteiger partial charge on any atom is -0.477 e. The average Bonchev–Trinajstić information content (AvgIpc) is 2.60. The van der Waals surface area contributed by atoms with Gasteiger partial charge >= 0.3 is 5.97 Å². The van der Waals surface area contributed by atoms with E-state index >= 15 is 0 Å². The third-order valence-electron chi connectivity index (χ3n) is 3.93. The van der Waals surface area contributed by atoms with Crippen LogP contribution in [0.3, 0.4) is 0 Å². The van der Waals surface area contributed by atoms with Crippen LogP contribution in [-0.2, 0) is 24.4 Å². The Balaban J connectivity index is 0.000000208. The fraction of sp³-hybridized carbons (Fsp3) is 0.375. The molecule has 1 unspecified atom stereocenters. The first-order valence-electron chi connectivity index (χ1n) is 7.76. The number of β-lactam (4-membered cyclic amide) rings is 1. The summed E-state index contributed by atoms with van der Waals surface area (Å²) in [7, 11) is -2.53. The molecule has 2 aliphatic rings. The molecule has 27 heavy (non-hydrogen) atoms. The predicted octanol–water partition coefficient (Wildman–Crippen LogP) is 0.456. The molecular weight excluding hydrogens is 396 g/mol. The van der Waals surface area contributed by atoms with E-state index in [-0.39, 0.29) is 28.5 Å². The number of rotatable bonds is 4. The lowest BCUT2D eigenvalue weighted by Gasteiger charge is -2.47. The van der Waals surface area contributed by atoms with E-state index in [1.165, 1.54) is 35.9 Å². The molecule has 3 rings (SSSR count). The highest BCUT2D eigenvalue weighted by atomic mass is 32.2. The third-order valence-corrected chi connectivity index (χ3v) is 6.16. The summed E-state index contributed by atoms with van der Waals surface area (Å²) < 4.78 is 34.5. The van der Waals surface area contributed by atoms with Crippen molar-refractivity contribution in [3.05, 3.63) is 41.1 Å². The molecule has 0 aromatic heterocycles. The number of hydrogen-bond acceptors (Lipinski definition) is 7. The van der Waals surface area contributed by atoms with Gasteiger partial charge in [-0.2, -0.15) is 8.42 Å². The molecule has 2 atom stereocenters. The van der Waals surface area contributed by atoms with Crippen LogP contribution in [0.1, 0.15) is 5.56 Å². The quantitative estimate of drug-likeness (QED) is 0.470. The number of carboxylic acids is 1. The maximum atomic E-state index is 11.5. The number of hydrogen-bond donors (Lipinski definition) is 3. The van der Waals surface area contributed by atoms with Gasteiger partial charge in [-0.25, -0.2) is 4.79 Å². The van der Waals surface area contributed by atoms with Gasteiger partial charge in [-0.3, -0.25) is 14.2 Å². The van der Waals surface area contributed by atoms with Crippen molar-refractivity contribution in [1.82, 2.24) is 4.90 Å². The third kappa shape index (κ3) is 4.68. The summed E-state index contributed by atoms with van der Waals surface area (Å²) in [5.74, 6) is -0.891. The van der Waals surface area contributed by atoms with E-state index in [0.717, 1.165) is 5.56 Å². The van der Waals surface area contributed by atoms with Crippen LogP contribution in [0.4, 0.5) is 0 Å². The van der Waals surface area contributed by atoms with E-state index in [1.807, 2.05) is 6.92 Å². The predicted molar refractivity (Wildman–Crippen MR) is 98.6 cm³/mol. The van der Waals surface area contributed by atoms with Gasteiger partial charge in [-0.1, -0.05) is 17.7 Å². The topological polar surface area (TPSA) is 147 Å². The van der Waals surface area contributed by atoms with Gasteiger partial charge in [0.1, 0.15) is 17.1 Å². The van der Waals surface area contributed by atoms with E-state index in [1.54, 1.807) is 12.1 Å². The molecule has 1 fully saturated rings. The number of carboxylic acid groups (broad SMARTS) is 1. The van der Waals surface area contributed by atoms with E-state index in [4.69, 9.17) is 20.1 Å². The monoisotopic (exact) mass is 416 g/mol. The Hall–Kier alpha value is -1.92. The molecule has 1 aromatic carbocycles. The molecule has 0 bridgehead atoms. The second-order valence-electron chi connectivity index (χ2n) is 5.91. The van der Waals surface area contributed by atoms with Crippen molar-refractivity contribution >= 4 is 33.8 Å². The lowest BCUT2D eigenvalue weighted by molar-refractivity contribution is -0.148. The average molecular weight is 416 g/mol. The summed E-state index contributed by atoms with van der Waals surface area (Å²) in [6.45, 7) is 2.06. The summed E-state index contributed by atoms with van der Waals surface area (Å²) in [5, 5.41) is 8.87. The first-order valence-corrected chi connectivity index (χ1v) is 10.3. The number of benzene rings is 1. The van der Waals surface area contributed by atoms with Crippen LogP contribution in [0.2, 0.25) is 0 Å². The van der Waals surface area contributed by atoms with E-state index in [0.29, 0.717) is 11.3 Å². The SMILES string of the molecule is COCC1=C(C(=O)O)N2C(=O)C(N)[C@H]2SC1.Cc1ccc(S(=O)(=O)O)cc1. The number of aryl methyl sites for hydroxylation is 1. The Bertz CT molecular complexity index is 865. The maximum absolute atomic E-state index is 11.5. The molecule has 0 aliphatic carbocycles. The van der Waals surface area contributed by atoms with Crippen molar-refractivity contribution in [3.63, 3.8) is 0 Å². The normalized spacial score (nSPS) is 21.8. The Kier molecular flexibility index (Phi) is 6.65. The first kappa shape index (κ1) is 21.4. The molecule has 0 spiro atoms. The summed E-state index contributed by atoms with van der Waals surface area (Å²) >= 11 is 1.47. The van der Waals surface area contributed by atoms with Gasteiger partial charge < -0.3 is 15.6 Å². The van der Waals surface area contributed by atoms with Crippen molar-refractivity contribution in [3.8, 4) is 0 Å². The number of nitrogens with zero attached hydrogens (tertiary/aromatic N) is 1. The molecule has 148 valence electrons. The van der Waals surface area contributed by atoms with Gasteiger partial charge in [-0.15, -0.1) is 11.8 Å². The van der Waals surface area contributed by atoms with Gasteiger partial charge in [0.25, 0.3) is 10.1 Å². The number of thioether (sulfide) groups is 1. The molecule has 9 nitrogen and oxygen atoms in total. The Morgan fingerprint density at radius 2 is 1.96 bits per heavy atom. The van der Waals surface area contributed by atoms with Gasteiger partial charge in [0.05, 0.1) is 11.5 Å². The van der Waals surface area contributed by atoms with Crippen molar-refractivity contribution in [2.24, 2.45) is 5.73 Å². The fourth-order valence-corrected chi connectivity index (χ4v) is 4.33. The zero-order valence-corrected chi connectivity index (χ0v) is 16.3. The number of methoxy groups -OCH3 is 1. The molecule has 4 N–H and O–H groups in total. The zero-order valence-electron chi connectivity index (χ0n) is 14.7. The largest absolute Gasteiger partial charge is 0.477 e. The lowest BCUT2D eigenvalue weighted by atomic mass is 10.0. The Morgan fingerprint density at radius 1 is 1.37 bits per heavy atom. The molecule has 2 heterocycles. The standard InChI is InChI=1S/C9H12N2O4S.C7H8O3S/c1-15-2-4-3-16-8-5(10)7(12)11(8)6(4)9(13)14;1-6-2-4-7(5-3-6)11(8,9)10/h5,8H,2-3,10H2,1H3,(H,13,14);2-5H,1H3,(H,8,9,10)/t5?,8-;/m1./s1. The van der Waals surface area contributed by atoms with E-state index in [9.17, 15) is 18.0 Å². The van der Waals surface area contributed by atoms with Gasteiger partial charge in [0.15, 0.2) is 0 Å². The number of fused-ring (bicyclic) bond motifs is 1. The van der Waals surface area contributed by atoms with Crippen LogP contribution in [0.25, 0.3) is 0 Å². The van der Waals surface area contributed by atoms with Crippen LogP contribution in [0.15, 0.2) is 40.4 Å². The van der Waals surface area contributed by atoms with Crippen molar-refractivity contribution < 1.29 is 32.4 Å². The summed E-state index contributed by atoms with van der Waals surface area (Å²) in [6.07, 6.45) is 0. The molecule has 1 aromatic rings. The fourth-order valence-electron chi connectivity index (χ4n) is 2.58. The summed E-state index contributed by atoms with van der Waals surface area (Å²) in [4.78, 5) is 23.8. The van der Waals surface area contributed by atoms with Crippen molar-refractivity contribution in [1.29, 1.82) is 0 Å². The smallest absolute Gasteiger partial charge is 0.352 e. The van der Waals surface area contributed by atoms with E-state index < -0.39 is 22.1 Å². The first-order chi connectivity index (χ1) is 12.6. The second kappa shape index (κ2) is 8.40. The number of aliphatic carboxylic acids is 1. The molecule has 1 amide bonds. The van der Waals surface area contributed by atoms with Crippen LogP contribution in [-0.4, -0.2) is 65.7 Å². The molecule has 11 heteroatoms. The molecule has 1 saturated heterocycles. The minimum absolute atomic E-state index is 0.0392. The summed E-state index contributed by atoms with van der Waals surface area (Å²) in [6, 6.07) is 5.41. The lowest BCUT2D eigenvalue weighted by Crippen LogP contribution is -2.68. The number of ether oxygens (including phenoxy) is 1.